The lowest BCUT2D eigenvalue weighted by Gasteiger charge is -2.28. The maximum atomic E-state index is 13.1. The third kappa shape index (κ3) is 5.45. The summed E-state index contributed by atoms with van der Waals surface area (Å²) in [6.45, 7) is 5.89. The summed E-state index contributed by atoms with van der Waals surface area (Å²) >= 11 is 0. The Morgan fingerprint density at radius 2 is 1.82 bits per heavy atom. The van der Waals surface area contributed by atoms with Crippen molar-refractivity contribution in [1.82, 2.24) is 5.32 Å². The molecule has 0 aliphatic heterocycles. The molecule has 1 amide bonds. The highest BCUT2D eigenvalue weighted by Crippen LogP contribution is 2.22. The molecule has 2 aromatic rings. The number of nitrogens with zero attached hydrogens (tertiary/aromatic N) is 1. The van der Waals surface area contributed by atoms with E-state index < -0.39 is 27.8 Å². The molecule has 0 spiro atoms. The Kier molecular flexibility index (Phi) is 7.01. The van der Waals surface area contributed by atoms with Crippen LogP contribution in [0.1, 0.15) is 18.1 Å². The predicted molar refractivity (Wildman–Crippen MR) is 108 cm³/mol. The van der Waals surface area contributed by atoms with Crippen LogP contribution in [0.2, 0.25) is 0 Å². The van der Waals surface area contributed by atoms with Crippen molar-refractivity contribution in [2.24, 2.45) is 0 Å². The molecule has 0 saturated carbocycles. The summed E-state index contributed by atoms with van der Waals surface area (Å²) in [7, 11) is -3.74. The van der Waals surface area contributed by atoms with Crippen LogP contribution in [-0.4, -0.2) is 39.8 Å². The minimum Gasteiger partial charge on any atom is -0.491 e. The number of hydrogen-bond acceptors (Lipinski definition) is 4. The van der Waals surface area contributed by atoms with Crippen LogP contribution in [0.15, 0.2) is 42.5 Å². The molecule has 0 aliphatic rings. The molecule has 0 aliphatic carbocycles. The minimum absolute atomic E-state index is 0.220. The fourth-order valence-electron chi connectivity index (χ4n) is 2.76. The van der Waals surface area contributed by atoms with Gasteiger partial charge in [-0.1, -0.05) is 12.1 Å². The lowest BCUT2D eigenvalue weighted by atomic mass is 10.1. The fourth-order valence-corrected chi connectivity index (χ4v) is 3.94. The number of hydrogen-bond donors (Lipinski definition) is 1. The number of benzene rings is 2. The van der Waals surface area contributed by atoms with Crippen LogP contribution < -0.4 is 14.4 Å². The first-order valence-electron chi connectivity index (χ1n) is 8.83. The van der Waals surface area contributed by atoms with Crippen LogP contribution >= 0.6 is 0 Å². The smallest absolute Gasteiger partial charge is 0.243 e. The molecule has 2 aromatic carbocycles. The van der Waals surface area contributed by atoms with Crippen LogP contribution in [0.3, 0.4) is 0 Å². The molecular formula is C20H25FN2O4S. The Morgan fingerprint density at radius 1 is 1.18 bits per heavy atom. The van der Waals surface area contributed by atoms with E-state index in [-0.39, 0.29) is 18.8 Å². The molecule has 0 bridgehead atoms. The number of aryl methyl sites for hydroxylation is 1. The van der Waals surface area contributed by atoms with Crippen LogP contribution in [0.25, 0.3) is 0 Å². The normalized spacial score (nSPS) is 12.3. The molecule has 1 N–H and O–H groups in total. The monoisotopic (exact) mass is 408 g/mol. The highest BCUT2D eigenvalue weighted by molar-refractivity contribution is 7.92. The molecular weight excluding hydrogens is 383 g/mol. The van der Waals surface area contributed by atoms with E-state index in [4.69, 9.17) is 4.74 Å². The molecule has 6 nitrogen and oxygen atoms in total. The molecule has 8 heteroatoms. The third-order valence-electron chi connectivity index (χ3n) is 4.38. The molecule has 0 saturated heterocycles. The van der Waals surface area contributed by atoms with Crippen molar-refractivity contribution in [3.05, 3.63) is 59.4 Å². The minimum atomic E-state index is -3.74. The Hall–Kier alpha value is -2.61. The van der Waals surface area contributed by atoms with Gasteiger partial charge in [-0.05, 0) is 62.2 Å². The van der Waals surface area contributed by atoms with Crippen molar-refractivity contribution < 1.29 is 22.3 Å². The molecule has 0 unspecified atom stereocenters. The Balaban J connectivity index is 1.99. The third-order valence-corrected chi connectivity index (χ3v) is 5.63. The Labute approximate surface area is 165 Å². The van der Waals surface area contributed by atoms with Crippen LogP contribution in [-0.2, 0) is 14.8 Å². The van der Waals surface area contributed by atoms with Gasteiger partial charge in [0.05, 0.1) is 18.5 Å². The SMILES string of the molecule is Cc1cccc(OCCNC(=O)[C@@H](C)N(c2ccc(F)cc2)S(C)(=O)=O)c1C. The fraction of sp³-hybridized carbons (Fsp3) is 0.350. The van der Waals surface area contributed by atoms with Crippen molar-refractivity contribution >= 4 is 21.6 Å². The highest BCUT2D eigenvalue weighted by atomic mass is 32.2. The topological polar surface area (TPSA) is 75.7 Å². The van der Waals surface area contributed by atoms with Crippen LogP contribution in [0, 0.1) is 19.7 Å². The Morgan fingerprint density at radius 3 is 2.43 bits per heavy atom. The molecule has 2 rings (SSSR count). The van der Waals surface area contributed by atoms with Gasteiger partial charge in [-0.3, -0.25) is 9.10 Å². The van der Waals surface area contributed by atoms with Gasteiger partial charge in [-0.15, -0.1) is 0 Å². The summed E-state index contributed by atoms with van der Waals surface area (Å²) in [5, 5.41) is 2.68. The molecule has 1 atom stereocenters. The number of amides is 1. The van der Waals surface area contributed by atoms with E-state index in [1.54, 1.807) is 0 Å². The zero-order valence-corrected chi connectivity index (χ0v) is 17.2. The largest absolute Gasteiger partial charge is 0.491 e. The standard InChI is InChI=1S/C20H25FN2O4S/c1-14-6-5-7-19(15(14)2)27-13-12-22-20(24)16(3)23(28(4,25)26)18-10-8-17(21)9-11-18/h5-11,16H,12-13H2,1-4H3,(H,22,24)/t16-/m1/s1. The number of carbonyl (C=O) groups is 1. The second-order valence-electron chi connectivity index (χ2n) is 6.55. The molecule has 28 heavy (non-hydrogen) atoms. The van der Waals surface area contributed by atoms with Gasteiger partial charge in [-0.25, -0.2) is 12.8 Å². The maximum absolute atomic E-state index is 13.1. The average molecular weight is 408 g/mol. The number of nitrogens with one attached hydrogen (secondary N) is 1. The average Bonchev–Trinajstić information content (AvgIpc) is 2.62. The number of sulfonamides is 1. The second kappa shape index (κ2) is 9.05. The molecule has 152 valence electrons. The van der Waals surface area contributed by atoms with E-state index in [2.05, 4.69) is 5.32 Å². The van der Waals surface area contributed by atoms with Gasteiger partial charge < -0.3 is 10.1 Å². The van der Waals surface area contributed by atoms with Gasteiger partial charge in [-0.2, -0.15) is 0 Å². The summed E-state index contributed by atoms with van der Waals surface area (Å²) in [6, 6.07) is 9.68. The summed E-state index contributed by atoms with van der Waals surface area (Å²) in [5.74, 6) is -0.219. The molecule has 0 aromatic heterocycles. The van der Waals surface area contributed by atoms with E-state index in [0.717, 1.165) is 39.6 Å². The van der Waals surface area contributed by atoms with E-state index in [9.17, 15) is 17.6 Å². The number of rotatable bonds is 8. The molecule has 0 heterocycles. The summed E-state index contributed by atoms with van der Waals surface area (Å²) in [6.07, 6.45) is 1.00. The first kappa shape index (κ1) is 21.7. The molecule has 0 radical (unpaired) electrons. The van der Waals surface area contributed by atoms with Crippen LogP contribution in [0.4, 0.5) is 10.1 Å². The first-order chi connectivity index (χ1) is 13.1. The lowest BCUT2D eigenvalue weighted by Crippen LogP contribution is -2.48. The highest BCUT2D eigenvalue weighted by Gasteiger charge is 2.28. The van der Waals surface area contributed by atoms with E-state index >= 15 is 0 Å². The number of halogens is 1. The molecule has 0 fully saturated rings. The van der Waals surface area contributed by atoms with Crippen molar-refractivity contribution in [1.29, 1.82) is 0 Å². The zero-order valence-electron chi connectivity index (χ0n) is 16.4. The van der Waals surface area contributed by atoms with Gasteiger partial charge >= 0.3 is 0 Å². The van der Waals surface area contributed by atoms with Crippen molar-refractivity contribution in [2.75, 3.05) is 23.7 Å². The number of anilines is 1. The quantitative estimate of drug-likeness (QED) is 0.682. The number of carbonyl (C=O) groups excluding carboxylic acids is 1. The first-order valence-corrected chi connectivity index (χ1v) is 10.7. The van der Waals surface area contributed by atoms with E-state index in [1.807, 2.05) is 32.0 Å². The van der Waals surface area contributed by atoms with Crippen LogP contribution in [0.5, 0.6) is 5.75 Å². The summed E-state index contributed by atoms with van der Waals surface area (Å²) in [4.78, 5) is 12.5. The predicted octanol–water partition coefficient (Wildman–Crippen LogP) is 2.79. The van der Waals surface area contributed by atoms with Gasteiger partial charge in [0.1, 0.15) is 24.2 Å². The Bertz CT molecular complexity index is 930. The zero-order chi connectivity index (χ0) is 20.9. The van der Waals surface area contributed by atoms with E-state index in [0.29, 0.717) is 0 Å². The van der Waals surface area contributed by atoms with Gasteiger partial charge in [0.25, 0.3) is 0 Å². The summed E-state index contributed by atoms with van der Waals surface area (Å²) in [5.41, 5.74) is 2.36. The van der Waals surface area contributed by atoms with Gasteiger partial charge in [0.15, 0.2) is 0 Å². The number of ether oxygens (including phenoxy) is 1. The lowest BCUT2D eigenvalue weighted by molar-refractivity contribution is -0.121. The van der Waals surface area contributed by atoms with E-state index in [1.165, 1.54) is 19.1 Å². The maximum Gasteiger partial charge on any atom is 0.243 e. The summed E-state index contributed by atoms with van der Waals surface area (Å²) < 4.78 is 44.1. The van der Waals surface area contributed by atoms with Gasteiger partial charge in [0.2, 0.25) is 15.9 Å². The van der Waals surface area contributed by atoms with Crippen molar-refractivity contribution in [2.45, 2.75) is 26.8 Å². The van der Waals surface area contributed by atoms with Crippen molar-refractivity contribution in [3.63, 3.8) is 0 Å². The second-order valence-corrected chi connectivity index (χ2v) is 8.41. The van der Waals surface area contributed by atoms with Crippen molar-refractivity contribution in [3.8, 4) is 5.75 Å². The van der Waals surface area contributed by atoms with Gasteiger partial charge in [0, 0.05) is 0 Å².